The molecule has 0 N–H and O–H groups in total. The number of hydrogen-bond donors (Lipinski definition) is 0. The monoisotopic (exact) mass is 228 g/mol. The predicted molar refractivity (Wildman–Crippen MR) is 49.1 cm³/mol. The van der Waals surface area contributed by atoms with Crippen LogP contribution in [0.15, 0.2) is 34.5 Å². The first kappa shape index (κ1) is 7.06. The first-order valence-corrected chi connectivity index (χ1v) is 4.78. The van der Waals surface area contributed by atoms with E-state index in [-0.39, 0.29) is 0 Å². The van der Waals surface area contributed by atoms with E-state index in [1.807, 2.05) is 34.5 Å². The van der Waals surface area contributed by atoms with Crippen LogP contribution in [0, 0.1) is 0 Å². The predicted octanol–water partition coefficient (Wildman–Crippen LogP) is 2.70. The van der Waals surface area contributed by atoms with Crippen molar-refractivity contribution in [1.29, 1.82) is 0 Å². The summed E-state index contributed by atoms with van der Waals surface area (Å²) in [5, 5.41) is 2.96. The van der Waals surface area contributed by atoms with Crippen LogP contribution in [0.1, 0.15) is 0 Å². The van der Waals surface area contributed by atoms with Gasteiger partial charge in [0.25, 0.3) is 0 Å². The summed E-state index contributed by atoms with van der Waals surface area (Å²) in [6.45, 7) is 0. The van der Waals surface area contributed by atoms with Crippen molar-refractivity contribution in [2.24, 2.45) is 0 Å². The Labute approximate surface area is 76.6 Å². The van der Waals surface area contributed by atoms with Crippen molar-refractivity contribution in [1.82, 2.24) is 9.55 Å². The van der Waals surface area contributed by atoms with Crippen LogP contribution in [-0.2, 0) is 0 Å². The molecular formula is C7H5BrN2S. The van der Waals surface area contributed by atoms with Crippen molar-refractivity contribution < 1.29 is 0 Å². The van der Waals surface area contributed by atoms with E-state index in [9.17, 15) is 0 Å². The van der Waals surface area contributed by atoms with Crippen molar-refractivity contribution >= 4 is 27.3 Å². The van der Waals surface area contributed by atoms with Gasteiger partial charge < -0.3 is 4.57 Å². The zero-order valence-corrected chi connectivity index (χ0v) is 7.97. The minimum atomic E-state index is 0.895. The molecule has 2 aromatic rings. The highest BCUT2D eigenvalue weighted by molar-refractivity contribution is 9.10. The maximum atomic E-state index is 4.25. The number of hydrogen-bond acceptors (Lipinski definition) is 2. The molecule has 0 aliphatic rings. The largest absolute Gasteiger partial charge is 0.300 e. The molecule has 4 heteroatoms. The van der Waals surface area contributed by atoms with Gasteiger partial charge in [0.2, 0.25) is 0 Å². The Bertz CT molecular complexity index is 339. The van der Waals surface area contributed by atoms with Gasteiger partial charge in [-0.3, -0.25) is 0 Å². The number of halogens is 1. The van der Waals surface area contributed by atoms with Crippen molar-refractivity contribution in [3.8, 4) is 5.13 Å². The molecule has 2 aromatic heterocycles. The fourth-order valence-corrected chi connectivity index (χ4v) is 2.04. The summed E-state index contributed by atoms with van der Waals surface area (Å²) in [5.74, 6) is 0. The van der Waals surface area contributed by atoms with E-state index in [4.69, 9.17) is 0 Å². The summed E-state index contributed by atoms with van der Waals surface area (Å²) in [7, 11) is 0. The maximum absolute atomic E-state index is 4.25. The number of aromatic nitrogens is 2. The Balaban J connectivity index is 2.45. The van der Waals surface area contributed by atoms with Gasteiger partial charge in [0.1, 0.15) is 4.60 Å². The van der Waals surface area contributed by atoms with Gasteiger partial charge in [-0.05, 0) is 28.1 Å². The van der Waals surface area contributed by atoms with E-state index >= 15 is 0 Å². The van der Waals surface area contributed by atoms with Crippen molar-refractivity contribution in [2.45, 2.75) is 0 Å². The van der Waals surface area contributed by atoms with Crippen molar-refractivity contribution in [3.05, 3.63) is 34.5 Å². The molecule has 0 saturated heterocycles. The first-order chi connectivity index (χ1) is 5.36. The Hall–Kier alpha value is -0.610. The Kier molecular flexibility index (Phi) is 1.79. The van der Waals surface area contributed by atoms with Crippen LogP contribution in [0.2, 0.25) is 0 Å². The summed E-state index contributed by atoms with van der Waals surface area (Å²) < 4.78 is 2.88. The molecule has 0 amide bonds. The molecule has 2 nitrogen and oxygen atoms in total. The standard InChI is InChI=1S/C7H5BrN2S/c8-6-5-11-7(9-6)10-3-1-2-4-10/h1-5H. The molecule has 2 rings (SSSR count). The minimum Gasteiger partial charge on any atom is -0.300 e. The summed E-state index contributed by atoms with van der Waals surface area (Å²) >= 11 is 4.92. The molecule has 0 aromatic carbocycles. The van der Waals surface area contributed by atoms with Gasteiger partial charge in [-0.2, -0.15) is 0 Å². The second-order valence-corrected chi connectivity index (χ2v) is 3.69. The smallest absolute Gasteiger partial charge is 0.194 e. The van der Waals surface area contributed by atoms with Crippen LogP contribution in [0.3, 0.4) is 0 Å². The van der Waals surface area contributed by atoms with Gasteiger partial charge in [-0.15, -0.1) is 11.3 Å². The topological polar surface area (TPSA) is 17.8 Å². The van der Waals surface area contributed by atoms with Gasteiger partial charge in [0.05, 0.1) is 0 Å². The van der Waals surface area contributed by atoms with E-state index in [1.165, 1.54) is 0 Å². The molecule has 0 atom stereocenters. The average Bonchev–Trinajstić information content (AvgIpc) is 2.55. The molecule has 11 heavy (non-hydrogen) atoms. The van der Waals surface area contributed by atoms with Crippen LogP contribution < -0.4 is 0 Å². The molecule has 2 heterocycles. The summed E-state index contributed by atoms with van der Waals surface area (Å²) in [6.07, 6.45) is 3.95. The summed E-state index contributed by atoms with van der Waals surface area (Å²) in [5.41, 5.74) is 0. The van der Waals surface area contributed by atoms with Gasteiger partial charge in [-0.25, -0.2) is 4.98 Å². The first-order valence-electron chi connectivity index (χ1n) is 3.10. The van der Waals surface area contributed by atoms with Crippen LogP contribution in [-0.4, -0.2) is 9.55 Å². The van der Waals surface area contributed by atoms with Gasteiger partial charge >= 0.3 is 0 Å². The lowest BCUT2D eigenvalue weighted by Gasteiger charge is -1.92. The Morgan fingerprint density at radius 1 is 1.36 bits per heavy atom. The van der Waals surface area contributed by atoms with Crippen LogP contribution >= 0.6 is 27.3 Å². The van der Waals surface area contributed by atoms with E-state index in [1.54, 1.807) is 11.3 Å². The van der Waals surface area contributed by atoms with E-state index < -0.39 is 0 Å². The lowest BCUT2D eigenvalue weighted by atomic mass is 10.7. The van der Waals surface area contributed by atoms with Crippen molar-refractivity contribution in [2.75, 3.05) is 0 Å². The molecule has 0 fully saturated rings. The lowest BCUT2D eigenvalue weighted by molar-refractivity contribution is 1.04. The Morgan fingerprint density at radius 3 is 2.64 bits per heavy atom. The number of thiazole rings is 1. The molecule has 0 unspecified atom stereocenters. The minimum absolute atomic E-state index is 0.895. The van der Waals surface area contributed by atoms with Crippen LogP contribution in [0.25, 0.3) is 5.13 Å². The maximum Gasteiger partial charge on any atom is 0.194 e. The number of rotatable bonds is 1. The third-order valence-electron chi connectivity index (χ3n) is 1.29. The second-order valence-electron chi connectivity index (χ2n) is 2.04. The molecule has 56 valence electrons. The SMILES string of the molecule is Brc1csc(-n2cccc2)n1. The van der Waals surface area contributed by atoms with Gasteiger partial charge in [-0.1, -0.05) is 0 Å². The molecule has 0 aliphatic carbocycles. The fraction of sp³-hybridized carbons (Fsp3) is 0. The molecule has 0 aliphatic heterocycles. The third-order valence-corrected chi connectivity index (χ3v) is 2.85. The molecule has 0 radical (unpaired) electrons. The van der Waals surface area contributed by atoms with Gasteiger partial charge in [0.15, 0.2) is 5.13 Å². The van der Waals surface area contributed by atoms with Gasteiger partial charge in [0, 0.05) is 17.8 Å². The molecule has 0 spiro atoms. The highest BCUT2D eigenvalue weighted by atomic mass is 79.9. The third kappa shape index (κ3) is 1.36. The normalized spacial score (nSPS) is 10.3. The quantitative estimate of drug-likeness (QED) is 0.735. The average molecular weight is 229 g/mol. The fourth-order valence-electron chi connectivity index (χ4n) is 0.826. The summed E-state index contributed by atoms with van der Waals surface area (Å²) in [4.78, 5) is 4.25. The zero-order valence-electron chi connectivity index (χ0n) is 5.57. The highest BCUT2D eigenvalue weighted by Crippen LogP contribution is 2.18. The number of nitrogens with zero attached hydrogens (tertiary/aromatic N) is 2. The van der Waals surface area contributed by atoms with E-state index in [0.717, 1.165) is 9.73 Å². The Morgan fingerprint density at radius 2 is 2.09 bits per heavy atom. The lowest BCUT2D eigenvalue weighted by Crippen LogP contribution is -1.86. The zero-order chi connectivity index (χ0) is 7.68. The molecule has 0 saturated carbocycles. The van der Waals surface area contributed by atoms with E-state index in [0.29, 0.717) is 0 Å². The second kappa shape index (κ2) is 2.79. The van der Waals surface area contributed by atoms with Crippen molar-refractivity contribution in [3.63, 3.8) is 0 Å². The highest BCUT2D eigenvalue weighted by Gasteiger charge is 1.98. The van der Waals surface area contributed by atoms with E-state index in [2.05, 4.69) is 20.9 Å². The molecule has 0 bridgehead atoms. The molecular weight excluding hydrogens is 224 g/mol. The van der Waals surface area contributed by atoms with Crippen LogP contribution in [0.4, 0.5) is 0 Å². The van der Waals surface area contributed by atoms with Crippen LogP contribution in [0.5, 0.6) is 0 Å². The summed E-state index contributed by atoms with van der Waals surface area (Å²) in [6, 6.07) is 3.96.